The van der Waals surface area contributed by atoms with Gasteiger partial charge in [-0.1, -0.05) is 34.6 Å². The van der Waals surface area contributed by atoms with Crippen LogP contribution in [0, 0.1) is 17.3 Å². The zero-order chi connectivity index (χ0) is 14.7. The minimum atomic E-state index is -4.49. The Morgan fingerprint density at radius 1 is 1.06 bits per heavy atom. The number of hydrogen-bond acceptors (Lipinski definition) is 2. The molecule has 0 amide bonds. The molecule has 0 radical (unpaired) electrons. The molecule has 5 heteroatoms. The lowest BCUT2D eigenvalue weighted by Crippen LogP contribution is -2.48. The molecule has 0 bridgehead atoms. The number of ether oxygens (including phenoxy) is 1. The fourth-order valence-corrected chi connectivity index (χ4v) is 1.90. The Labute approximate surface area is 108 Å². The second-order valence-electron chi connectivity index (χ2n) is 5.71. The second-order valence-corrected chi connectivity index (χ2v) is 5.71. The van der Waals surface area contributed by atoms with Crippen molar-refractivity contribution in [2.45, 2.75) is 66.5 Å². The Hall–Kier alpha value is -0.290. The number of aliphatic hydroxyl groups is 1. The molecular formula is C13H25F3O2. The molecule has 0 fully saturated rings. The molecule has 1 N–H and O–H groups in total. The summed E-state index contributed by atoms with van der Waals surface area (Å²) in [5.41, 5.74) is -2.23. The van der Waals surface area contributed by atoms with Gasteiger partial charge in [-0.3, -0.25) is 0 Å². The first-order valence-corrected chi connectivity index (χ1v) is 6.37. The van der Waals surface area contributed by atoms with Crippen LogP contribution < -0.4 is 0 Å². The fourth-order valence-electron chi connectivity index (χ4n) is 1.90. The van der Waals surface area contributed by atoms with Crippen molar-refractivity contribution >= 4 is 0 Å². The van der Waals surface area contributed by atoms with Crippen molar-refractivity contribution in [1.82, 2.24) is 0 Å². The molecule has 0 aliphatic heterocycles. The van der Waals surface area contributed by atoms with Crippen LogP contribution in [0.2, 0.25) is 0 Å². The van der Waals surface area contributed by atoms with Crippen molar-refractivity contribution in [3.63, 3.8) is 0 Å². The molecule has 110 valence electrons. The van der Waals surface area contributed by atoms with Crippen LogP contribution in [-0.4, -0.2) is 23.7 Å². The molecule has 0 spiro atoms. The SMILES string of the molecule is CCC(C)(C(O)OC(C(C)C)C(C)C)C(F)(F)F. The maximum absolute atomic E-state index is 13.0. The Kier molecular flexibility index (Phi) is 6.14. The van der Waals surface area contributed by atoms with Gasteiger partial charge in [0.25, 0.3) is 0 Å². The molecule has 0 aliphatic rings. The average Bonchev–Trinajstić information content (AvgIpc) is 2.21. The summed E-state index contributed by atoms with van der Waals surface area (Å²) in [5, 5.41) is 9.83. The van der Waals surface area contributed by atoms with Crippen LogP contribution in [0.15, 0.2) is 0 Å². The van der Waals surface area contributed by atoms with Crippen LogP contribution in [0.1, 0.15) is 48.0 Å². The molecule has 0 aromatic rings. The van der Waals surface area contributed by atoms with Gasteiger partial charge >= 0.3 is 6.18 Å². The van der Waals surface area contributed by atoms with Gasteiger partial charge < -0.3 is 9.84 Å². The van der Waals surface area contributed by atoms with Gasteiger partial charge in [0.05, 0.1) is 6.10 Å². The van der Waals surface area contributed by atoms with Gasteiger partial charge in [0.15, 0.2) is 6.29 Å². The molecule has 2 nitrogen and oxygen atoms in total. The van der Waals surface area contributed by atoms with Gasteiger partial charge in [0.1, 0.15) is 5.41 Å². The first kappa shape index (κ1) is 17.7. The third kappa shape index (κ3) is 3.85. The molecule has 0 aromatic heterocycles. The van der Waals surface area contributed by atoms with Crippen molar-refractivity contribution in [3.05, 3.63) is 0 Å². The highest BCUT2D eigenvalue weighted by atomic mass is 19.4. The van der Waals surface area contributed by atoms with Crippen LogP contribution >= 0.6 is 0 Å². The van der Waals surface area contributed by atoms with Gasteiger partial charge in [-0.05, 0) is 25.2 Å². The summed E-state index contributed by atoms with van der Waals surface area (Å²) in [5.74, 6) is 0.1000. The summed E-state index contributed by atoms with van der Waals surface area (Å²) >= 11 is 0. The molecule has 0 heterocycles. The molecule has 2 atom stereocenters. The Bertz CT molecular complexity index is 243. The van der Waals surface area contributed by atoms with Gasteiger partial charge in [-0.2, -0.15) is 13.2 Å². The predicted molar refractivity (Wildman–Crippen MR) is 65.0 cm³/mol. The van der Waals surface area contributed by atoms with Gasteiger partial charge in [-0.25, -0.2) is 0 Å². The lowest BCUT2D eigenvalue weighted by molar-refractivity contribution is -0.314. The lowest BCUT2D eigenvalue weighted by Gasteiger charge is -2.38. The van der Waals surface area contributed by atoms with E-state index in [2.05, 4.69) is 0 Å². The number of aliphatic hydroxyl groups excluding tert-OH is 1. The van der Waals surface area contributed by atoms with Crippen LogP contribution in [0.4, 0.5) is 13.2 Å². The van der Waals surface area contributed by atoms with Crippen LogP contribution in [-0.2, 0) is 4.74 Å². The maximum Gasteiger partial charge on any atom is 0.399 e. The lowest BCUT2D eigenvalue weighted by atomic mass is 9.85. The van der Waals surface area contributed by atoms with E-state index in [1.54, 1.807) is 0 Å². The average molecular weight is 270 g/mol. The highest BCUT2D eigenvalue weighted by Crippen LogP contribution is 2.44. The number of hydrogen-bond donors (Lipinski definition) is 1. The molecule has 0 saturated heterocycles. The molecule has 0 rings (SSSR count). The van der Waals surface area contributed by atoms with Crippen molar-refractivity contribution in [2.75, 3.05) is 0 Å². The molecule has 0 saturated carbocycles. The standard InChI is InChI=1S/C13H25F3O2/c1-7-12(6,13(14,15)16)11(17)18-10(8(2)3)9(4)5/h8-11,17H,7H2,1-6H3. The number of halogens is 3. The molecule has 0 aromatic carbocycles. The monoisotopic (exact) mass is 270 g/mol. The third-order valence-corrected chi connectivity index (χ3v) is 3.53. The van der Waals surface area contributed by atoms with Crippen LogP contribution in [0.3, 0.4) is 0 Å². The summed E-state index contributed by atoms with van der Waals surface area (Å²) in [7, 11) is 0. The smallest absolute Gasteiger partial charge is 0.367 e. The van der Waals surface area contributed by atoms with E-state index < -0.39 is 24.0 Å². The quantitative estimate of drug-likeness (QED) is 0.740. The zero-order valence-corrected chi connectivity index (χ0v) is 12.0. The summed E-state index contributed by atoms with van der Waals surface area (Å²) in [4.78, 5) is 0. The highest BCUT2D eigenvalue weighted by Gasteiger charge is 2.55. The minimum Gasteiger partial charge on any atom is -0.367 e. The van der Waals surface area contributed by atoms with E-state index in [1.807, 2.05) is 27.7 Å². The maximum atomic E-state index is 13.0. The predicted octanol–water partition coefficient (Wildman–Crippen LogP) is 3.98. The normalized spacial score (nSPS) is 18.5. The topological polar surface area (TPSA) is 29.5 Å². The van der Waals surface area contributed by atoms with Crippen LogP contribution in [0.25, 0.3) is 0 Å². The van der Waals surface area contributed by atoms with E-state index in [4.69, 9.17) is 4.74 Å². The summed E-state index contributed by atoms with van der Waals surface area (Å²) in [6, 6.07) is 0. The van der Waals surface area contributed by atoms with Crippen molar-refractivity contribution < 1.29 is 23.0 Å². The summed E-state index contributed by atoms with van der Waals surface area (Å²) in [6.45, 7) is 9.88. The first-order valence-electron chi connectivity index (χ1n) is 6.37. The number of alkyl halides is 3. The number of rotatable bonds is 6. The van der Waals surface area contributed by atoms with E-state index in [0.29, 0.717) is 0 Å². The Balaban J connectivity index is 4.97. The molecule has 18 heavy (non-hydrogen) atoms. The van der Waals surface area contributed by atoms with Crippen molar-refractivity contribution in [2.24, 2.45) is 17.3 Å². The fraction of sp³-hybridized carbons (Fsp3) is 1.00. The molecule has 2 unspecified atom stereocenters. The van der Waals surface area contributed by atoms with Crippen molar-refractivity contribution in [1.29, 1.82) is 0 Å². The Morgan fingerprint density at radius 2 is 1.44 bits per heavy atom. The third-order valence-electron chi connectivity index (χ3n) is 3.53. The molecular weight excluding hydrogens is 245 g/mol. The van der Waals surface area contributed by atoms with E-state index in [9.17, 15) is 18.3 Å². The second kappa shape index (κ2) is 6.24. The largest absolute Gasteiger partial charge is 0.399 e. The van der Waals surface area contributed by atoms with E-state index in [0.717, 1.165) is 6.92 Å². The van der Waals surface area contributed by atoms with Crippen molar-refractivity contribution in [3.8, 4) is 0 Å². The Morgan fingerprint density at radius 3 is 1.67 bits per heavy atom. The zero-order valence-electron chi connectivity index (χ0n) is 12.0. The van der Waals surface area contributed by atoms with Gasteiger partial charge in [0.2, 0.25) is 0 Å². The van der Waals surface area contributed by atoms with E-state index in [-0.39, 0.29) is 18.3 Å². The van der Waals surface area contributed by atoms with E-state index in [1.165, 1.54) is 6.92 Å². The highest BCUT2D eigenvalue weighted by molar-refractivity contribution is 4.85. The summed E-state index contributed by atoms with van der Waals surface area (Å²) < 4.78 is 44.2. The van der Waals surface area contributed by atoms with Gasteiger partial charge in [0, 0.05) is 0 Å². The minimum absolute atomic E-state index is 0.0500. The van der Waals surface area contributed by atoms with Crippen LogP contribution in [0.5, 0.6) is 0 Å². The molecule has 0 aliphatic carbocycles. The van der Waals surface area contributed by atoms with Gasteiger partial charge in [-0.15, -0.1) is 0 Å². The summed E-state index contributed by atoms with van der Waals surface area (Å²) in [6.07, 6.45) is -6.94. The van der Waals surface area contributed by atoms with E-state index >= 15 is 0 Å². The first-order chi connectivity index (χ1) is 7.97.